The molecule has 4 nitrogen and oxygen atoms in total. The van der Waals surface area contributed by atoms with Gasteiger partial charge in [0, 0.05) is 45.6 Å². The normalized spacial score (nSPS) is 12.6. The quantitative estimate of drug-likeness (QED) is 0.703. The second kappa shape index (κ2) is 9.78. The minimum Gasteiger partial charge on any atom is -0.383 e. The molecule has 19 heavy (non-hydrogen) atoms. The van der Waals surface area contributed by atoms with Crippen molar-refractivity contribution >= 4 is 5.69 Å². The highest BCUT2D eigenvalue weighted by Gasteiger charge is 2.12. The number of methoxy groups -OCH3 is 2. The van der Waals surface area contributed by atoms with E-state index in [1.165, 1.54) is 0 Å². The van der Waals surface area contributed by atoms with Gasteiger partial charge < -0.3 is 14.8 Å². The molecule has 0 aromatic heterocycles. The highest BCUT2D eigenvalue weighted by molar-refractivity contribution is 5.42. The second-order valence-corrected chi connectivity index (χ2v) is 4.62. The zero-order valence-electron chi connectivity index (χ0n) is 12.3. The Labute approximate surface area is 116 Å². The van der Waals surface area contributed by atoms with Gasteiger partial charge >= 0.3 is 0 Å². The lowest BCUT2D eigenvalue weighted by molar-refractivity contribution is 0.0951. The van der Waals surface area contributed by atoms with E-state index in [9.17, 15) is 0 Å². The number of hydrogen-bond donors (Lipinski definition) is 1. The highest BCUT2D eigenvalue weighted by atomic mass is 16.5. The van der Waals surface area contributed by atoms with Crippen molar-refractivity contribution in [3.63, 3.8) is 0 Å². The van der Waals surface area contributed by atoms with Crippen LogP contribution in [0.4, 0.5) is 5.69 Å². The van der Waals surface area contributed by atoms with Crippen LogP contribution in [-0.2, 0) is 9.47 Å². The minimum absolute atomic E-state index is 0.436. The fourth-order valence-electron chi connectivity index (χ4n) is 1.92. The first-order valence-corrected chi connectivity index (χ1v) is 6.78. The molecule has 0 amide bonds. The van der Waals surface area contributed by atoms with E-state index in [2.05, 4.69) is 29.3 Å². The molecule has 0 aliphatic heterocycles. The first kappa shape index (κ1) is 16.0. The van der Waals surface area contributed by atoms with Crippen LogP contribution in [0.5, 0.6) is 0 Å². The van der Waals surface area contributed by atoms with E-state index >= 15 is 0 Å². The first-order valence-electron chi connectivity index (χ1n) is 6.78. The van der Waals surface area contributed by atoms with Crippen LogP contribution in [0.25, 0.3) is 0 Å². The van der Waals surface area contributed by atoms with E-state index in [1.807, 2.05) is 18.2 Å². The predicted octanol–water partition coefficient (Wildman–Crippen LogP) is 2.08. The third-order valence-corrected chi connectivity index (χ3v) is 3.16. The number of rotatable bonds is 10. The van der Waals surface area contributed by atoms with Gasteiger partial charge in [-0.2, -0.15) is 0 Å². The van der Waals surface area contributed by atoms with Crippen LogP contribution in [0.3, 0.4) is 0 Å². The van der Waals surface area contributed by atoms with E-state index in [-0.39, 0.29) is 0 Å². The van der Waals surface area contributed by atoms with Gasteiger partial charge in [-0.1, -0.05) is 18.2 Å². The van der Waals surface area contributed by atoms with Crippen LogP contribution in [0.2, 0.25) is 0 Å². The number of nitrogens with one attached hydrogen (secondary N) is 1. The van der Waals surface area contributed by atoms with Crippen molar-refractivity contribution in [1.82, 2.24) is 4.90 Å². The van der Waals surface area contributed by atoms with Gasteiger partial charge in [-0.15, -0.1) is 0 Å². The molecule has 1 rings (SSSR count). The molecule has 0 aliphatic rings. The standard InChI is InChI=1S/C15H26N2O2/c1-14(13-16-15-7-5-4-6-8-15)17(9-11-18-2)10-12-19-3/h4-8,14,16H,9-13H2,1-3H3. The van der Waals surface area contributed by atoms with Crippen LogP contribution in [0, 0.1) is 0 Å². The van der Waals surface area contributed by atoms with Crippen LogP contribution in [0.15, 0.2) is 30.3 Å². The average molecular weight is 266 g/mol. The van der Waals surface area contributed by atoms with Crippen molar-refractivity contribution < 1.29 is 9.47 Å². The molecule has 0 radical (unpaired) electrons. The molecular weight excluding hydrogens is 240 g/mol. The zero-order chi connectivity index (χ0) is 13.9. The largest absolute Gasteiger partial charge is 0.383 e. The molecule has 0 spiro atoms. The number of hydrogen-bond acceptors (Lipinski definition) is 4. The Morgan fingerprint density at radius 1 is 1.05 bits per heavy atom. The Morgan fingerprint density at radius 2 is 1.63 bits per heavy atom. The summed E-state index contributed by atoms with van der Waals surface area (Å²) in [5.74, 6) is 0. The van der Waals surface area contributed by atoms with Gasteiger partial charge in [0.1, 0.15) is 0 Å². The molecule has 1 N–H and O–H groups in total. The second-order valence-electron chi connectivity index (χ2n) is 4.62. The molecule has 1 aromatic carbocycles. The SMILES string of the molecule is COCCN(CCOC)C(C)CNc1ccccc1. The van der Waals surface area contributed by atoms with Crippen molar-refractivity contribution in [3.05, 3.63) is 30.3 Å². The molecule has 1 aromatic rings. The van der Waals surface area contributed by atoms with Crippen molar-refractivity contribution in [2.75, 3.05) is 52.4 Å². The number of benzene rings is 1. The number of para-hydroxylation sites is 1. The molecule has 1 unspecified atom stereocenters. The smallest absolute Gasteiger partial charge is 0.0589 e. The van der Waals surface area contributed by atoms with Crippen LogP contribution in [-0.4, -0.2) is 58.0 Å². The molecular formula is C15H26N2O2. The van der Waals surface area contributed by atoms with E-state index in [4.69, 9.17) is 9.47 Å². The van der Waals surface area contributed by atoms with E-state index < -0.39 is 0 Å². The molecule has 0 bridgehead atoms. The molecule has 1 atom stereocenters. The topological polar surface area (TPSA) is 33.7 Å². The maximum absolute atomic E-state index is 5.16. The molecule has 0 heterocycles. The van der Waals surface area contributed by atoms with Crippen molar-refractivity contribution in [2.24, 2.45) is 0 Å². The first-order chi connectivity index (χ1) is 9.27. The summed E-state index contributed by atoms with van der Waals surface area (Å²) >= 11 is 0. The number of nitrogens with zero attached hydrogens (tertiary/aromatic N) is 1. The van der Waals surface area contributed by atoms with Crippen LogP contribution < -0.4 is 5.32 Å². The molecule has 0 saturated carbocycles. The van der Waals surface area contributed by atoms with E-state index in [0.717, 1.165) is 38.5 Å². The van der Waals surface area contributed by atoms with Gasteiger partial charge in [0.25, 0.3) is 0 Å². The fourth-order valence-corrected chi connectivity index (χ4v) is 1.92. The van der Waals surface area contributed by atoms with Gasteiger partial charge in [-0.25, -0.2) is 0 Å². The summed E-state index contributed by atoms with van der Waals surface area (Å²) in [5, 5.41) is 3.45. The summed E-state index contributed by atoms with van der Waals surface area (Å²) in [6.45, 7) is 6.49. The van der Waals surface area contributed by atoms with Crippen molar-refractivity contribution in [2.45, 2.75) is 13.0 Å². The average Bonchev–Trinajstić information content (AvgIpc) is 2.46. The van der Waals surface area contributed by atoms with Gasteiger partial charge in [-0.05, 0) is 19.1 Å². The predicted molar refractivity (Wildman–Crippen MR) is 79.7 cm³/mol. The van der Waals surface area contributed by atoms with Crippen molar-refractivity contribution in [1.29, 1.82) is 0 Å². The van der Waals surface area contributed by atoms with Gasteiger partial charge in [0.05, 0.1) is 13.2 Å². The summed E-state index contributed by atoms with van der Waals surface area (Å²) in [5.41, 5.74) is 1.16. The van der Waals surface area contributed by atoms with Crippen LogP contribution >= 0.6 is 0 Å². The van der Waals surface area contributed by atoms with E-state index in [0.29, 0.717) is 6.04 Å². The van der Waals surface area contributed by atoms with Gasteiger partial charge in [-0.3, -0.25) is 4.90 Å². The maximum Gasteiger partial charge on any atom is 0.0589 e. The van der Waals surface area contributed by atoms with E-state index in [1.54, 1.807) is 14.2 Å². The summed E-state index contributed by atoms with van der Waals surface area (Å²) in [6.07, 6.45) is 0. The Morgan fingerprint density at radius 3 is 2.16 bits per heavy atom. The lowest BCUT2D eigenvalue weighted by atomic mass is 10.2. The highest BCUT2D eigenvalue weighted by Crippen LogP contribution is 2.07. The zero-order valence-corrected chi connectivity index (χ0v) is 12.3. The summed E-state index contributed by atoms with van der Waals surface area (Å²) in [4.78, 5) is 2.38. The fraction of sp³-hybridized carbons (Fsp3) is 0.600. The maximum atomic E-state index is 5.16. The van der Waals surface area contributed by atoms with Gasteiger partial charge in [0.15, 0.2) is 0 Å². The van der Waals surface area contributed by atoms with Crippen molar-refractivity contribution in [3.8, 4) is 0 Å². The lowest BCUT2D eigenvalue weighted by Gasteiger charge is -2.29. The van der Waals surface area contributed by atoms with Crippen LogP contribution in [0.1, 0.15) is 6.92 Å². The monoisotopic (exact) mass is 266 g/mol. The summed E-state index contributed by atoms with van der Waals surface area (Å²) in [7, 11) is 3.47. The molecule has 0 aliphatic carbocycles. The summed E-state index contributed by atoms with van der Waals surface area (Å²) < 4.78 is 10.3. The number of ether oxygens (including phenoxy) is 2. The summed E-state index contributed by atoms with van der Waals surface area (Å²) in [6, 6.07) is 10.7. The Kier molecular flexibility index (Phi) is 8.21. The Balaban J connectivity index is 2.39. The Hall–Kier alpha value is -1.10. The minimum atomic E-state index is 0.436. The lowest BCUT2D eigenvalue weighted by Crippen LogP contribution is -2.41. The molecule has 4 heteroatoms. The molecule has 0 fully saturated rings. The third-order valence-electron chi connectivity index (χ3n) is 3.16. The molecule has 108 valence electrons. The molecule has 0 saturated heterocycles. The third kappa shape index (κ3) is 6.57. The van der Waals surface area contributed by atoms with Gasteiger partial charge in [0.2, 0.25) is 0 Å². The number of anilines is 1. The Bertz CT molecular complexity index is 311.